The monoisotopic (exact) mass is 361 g/mol. The number of aryl methyl sites for hydroxylation is 1. The maximum atomic E-state index is 13.0. The van der Waals surface area contributed by atoms with Crippen LogP contribution >= 0.6 is 11.3 Å². The molecular weight excluding hydrogens is 338 g/mol. The van der Waals surface area contributed by atoms with Gasteiger partial charge in [-0.05, 0) is 51.0 Å². The van der Waals surface area contributed by atoms with E-state index in [4.69, 9.17) is 4.74 Å². The number of imide groups is 1. The van der Waals surface area contributed by atoms with E-state index in [0.717, 1.165) is 61.8 Å². The number of anilines is 1. The molecule has 2 heterocycles. The summed E-state index contributed by atoms with van der Waals surface area (Å²) in [5.41, 5.74) is 1.47. The summed E-state index contributed by atoms with van der Waals surface area (Å²) in [5.74, 6) is -1.02. The first-order valence-electron chi connectivity index (χ1n) is 9.33. The van der Waals surface area contributed by atoms with Crippen molar-refractivity contribution in [3.8, 4) is 0 Å². The maximum Gasteiger partial charge on any atom is 0.341 e. The van der Waals surface area contributed by atoms with E-state index in [1.807, 2.05) is 0 Å². The minimum atomic E-state index is -0.396. The van der Waals surface area contributed by atoms with Gasteiger partial charge in [0.05, 0.1) is 24.0 Å². The molecule has 2 aliphatic carbocycles. The van der Waals surface area contributed by atoms with E-state index in [1.165, 1.54) is 16.2 Å². The molecule has 4 rings (SSSR count). The highest BCUT2D eigenvalue weighted by atomic mass is 32.1. The van der Waals surface area contributed by atoms with Crippen molar-refractivity contribution >= 4 is 34.1 Å². The molecule has 1 aliphatic heterocycles. The van der Waals surface area contributed by atoms with Crippen LogP contribution in [0.2, 0.25) is 0 Å². The number of amides is 2. The van der Waals surface area contributed by atoms with Gasteiger partial charge in [0.15, 0.2) is 0 Å². The molecule has 0 N–H and O–H groups in total. The first-order chi connectivity index (χ1) is 12.1. The topological polar surface area (TPSA) is 63.7 Å². The van der Waals surface area contributed by atoms with Gasteiger partial charge in [-0.25, -0.2) is 9.69 Å². The van der Waals surface area contributed by atoms with Crippen LogP contribution in [0.25, 0.3) is 0 Å². The Kier molecular flexibility index (Phi) is 4.40. The molecule has 0 aromatic carbocycles. The van der Waals surface area contributed by atoms with Gasteiger partial charge in [0.25, 0.3) is 0 Å². The Labute approximate surface area is 151 Å². The van der Waals surface area contributed by atoms with E-state index in [1.54, 1.807) is 6.92 Å². The number of nitrogens with zero attached hydrogens (tertiary/aromatic N) is 1. The number of carbonyl (C=O) groups is 3. The van der Waals surface area contributed by atoms with Gasteiger partial charge in [0.1, 0.15) is 5.00 Å². The van der Waals surface area contributed by atoms with Crippen LogP contribution in [0.5, 0.6) is 0 Å². The van der Waals surface area contributed by atoms with Gasteiger partial charge in [-0.2, -0.15) is 0 Å². The lowest BCUT2D eigenvalue weighted by atomic mass is 9.81. The number of esters is 1. The van der Waals surface area contributed by atoms with Crippen molar-refractivity contribution in [1.29, 1.82) is 0 Å². The molecule has 1 saturated carbocycles. The molecule has 2 atom stereocenters. The molecule has 1 saturated heterocycles. The second kappa shape index (κ2) is 6.56. The predicted octanol–water partition coefficient (Wildman–Crippen LogP) is 3.48. The summed E-state index contributed by atoms with van der Waals surface area (Å²) in [6, 6.07) is 0. The van der Waals surface area contributed by atoms with Gasteiger partial charge >= 0.3 is 5.97 Å². The Hall–Kier alpha value is -1.69. The van der Waals surface area contributed by atoms with Gasteiger partial charge in [-0.15, -0.1) is 11.3 Å². The van der Waals surface area contributed by atoms with E-state index >= 15 is 0 Å². The van der Waals surface area contributed by atoms with Crippen molar-refractivity contribution in [1.82, 2.24) is 0 Å². The standard InChI is InChI=1S/C19H23NO4S/c1-2-24-19(23)15-13-9-5-6-10-14(13)25-18(15)20-16(21)11-7-3-4-8-12(11)17(20)22/h11-12H,2-10H2,1H3/t11-,12+. The van der Waals surface area contributed by atoms with Crippen LogP contribution in [0, 0.1) is 11.8 Å². The number of rotatable bonds is 3. The van der Waals surface area contributed by atoms with E-state index < -0.39 is 5.97 Å². The molecule has 0 bridgehead atoms. The van der Waals surface area contributed by atoms with Crippen molar-refractivity contribution in [3.63, 3.8) is 0 Å². The van der Waals surface area contributed by atoms with Crippen molar-refractivity contribution in [2.24, 2.45) is 11.8 Å². The summed E-state index contributed by atoms with van der Waals surface area (Å²) < 4.78 is 5.26. The average molecular weight is 361 g/mol. The fraction of sp³-hybridized carbons (Fsp3) is 0.632. The molecule has 25 heavy (non-hydrogen) atoms. The largest absolute Gasteiger partial charge is 0.462 e. The zero-order chi connectivity index (χ0) is 17.6. The van der Waals surface area contributed by atoms with Gasteiger partial charge in [0.2, 0.25) is 11.8 Å². The van der Waals surface area contributed by atoms with Crippen LogP contribution in [0.1, 0.15) is 66.2 Å². The molecule has 2 amide bonds. The van der Waals surface area contributed by atoms with Crippen LogP contribution in [0.4, 0.5) is 5.00 Å². The number of hydrogen-bond donors (Lipinski definition) is 0. The lowest BCUT2D eigenvalue weighted by Crippen LogP contribution is -2.31. The van der Waals surface area contributed by atoms with Crippen LogP contribution < -0.4 is 4.90 Å². The van der Waals surface area contributed by atoms with Crippen LogP contribution in [0.15, 0.2) is 0 Å². The molecule has 3 aliphatic rings. The van der Waals surface area contributed by atoms with Gasteiger partial charge in [0, 0.05) is 4.88 Å². The van der Waals surface area contributed by atoms with Crippen LogP contribution in [0.3, 0.4) is 0 Å². The van der Waals surface area contributed by atoms with E-state index in [0.29, 0.717) is 10.6 Å². The number of ether oxygens (including phenoxy) is 1. The highest BCUT2D eigenvalue weighted by Gasteiger charge is 2.50. The second-order valence-corrected chi connectivity index (χ2v) is 8.20. The van der Waals surface area contributed by atoms with Crippen molar-refractivity contribution in [3.05, 3.63) is 16.0 Å². The summed E-state index contributed by atoms with van der Waals surface area (Å²) in [4.78, 5) is 41.0. The first-order valence-corrected chi connectivity index (χ1v) is 10.1. The highest BCUT2D eigenvalue weighted by Crippen LogP contribution is 2.46. The Bertz CT molecular complexity index is 714. The van der Waals surface area contributed by atoms with Crippen molar-refractivity contribution in [2.75, 3.05) is 11.5 Å². The SMILES string of the molecule is CCOC(=O)c1c(N2C(=O)[C@H]3CCCC[C@H]3C2=O)sc2c1CCCC2. The highest BCUT2D eigenvalue weighted by molar-refractivity contribution is 7.17. The molecule has 1 aromatic heterocycles. The van der Waals surface area contributed by atoms with Gasteiger partial charge in [-0.3, -0.25) is 9.59 Å². The molecular formula is C19H23NO4S. The summed E-state index contributed by atoms with van der Waals surface area (Å²) in [6.07, 6.45) is 7.42. The fourth-order valence-electron chi connectivity index (χ4n) is 4.49. The summed E-state index contributed by atoms with van der Waals surface area (Å²) >= 11 is 1.45. The Balaban J connectivity index is 1.79. The zero-order valence-corrected chi connectivity index (χ0v) is 15.3. The molecule has 0 radical (unpaired) electrons. The van der Waals surface area contributed by atoms with Gasteiger partial charge < -0.3 is 4.74 Å². The average Bonchev–Trinajstić information content (AvgIpc) is 3.11. The normalized spacial score (nSPS) is 25.7. The van der Waals surface area contributed by atoms with E-state index in [2.05, 4.69) is 0 Å². The molecule has 134 valence electrons. The Morgan fingerprint density at radius 1 is 1.08 bits per heavy atom. The maximum absolute atomic E-state index is 13.0. The lowest BCUT2D eigenvalue weighted by molar-refractivity contribution is -0.122. The minimum Gasteiger partial charge on any atom is -0.462 e. The third kappa shape index (κ3) is 2.62. The Morgan fingerprint density at radius 2 is 1.72 bits per heavy atom. The quantitative estimate of drug-likeness (QED) is 0.611. The fourth-order valence-corrected chi connectivity index (χ4v) is 5.87. The third-order valence-electron chi connectivity index (χ3n) is 5.68. The Morgan fingerprint density at radius 3 is 2.36 bits per heavy atom. The van der Waals surface area contributed by atoms with Crippen molar-refractivity contribution < 1.29 is 19.1 Å². The molecule has 1 aromatic rings. The van der Waals surface area contributed by atoms with E-state index in [9.17, 15) is 14.4 Å². The molecule has 6 heteroatoms. The van der Waals surface area contributed by atoms with Crippen LogP contribution in [-0.2, 0) is 27.2 Å². The summed E-state index contributed by atoms with van der Waals surface area (Å²) in [5, 5.41) is 0.523. The predicted molar refractivity (Wildman–Crippen MR) is 94.9 cm³/mol. The van der Waals surface area contributed by atoms with Crippen LogP contribution in [-0.4, -0.2) is 24.4 Å². The summed E-state index contributed by atoms with van der Waals surface area (Å²) in [7, 11) is 0. The molecule has 0 spiro atoms. The second-order valence-electron chi connectivity index (χ2n) is 7.12. The summed E-state index contributed by atoms with van der Waals surface area (Å²) in [6.45, 7) is 2.06. The molecule has 5 nitrogen and oxygen atoms in total. The minimum absolute atomic E-state index is 0.112. The van der Waals surface area contributed by atoms with E-state index in [-0.39, 0.29) is 30.3 Å². The zero-order valence-electron chi connectivity index (χ0n) is 14.5. The lowest BCUT2D eigenvalue weighted by Gasteiger charge is -2.19. The smallest absolute Gasteiger partial charge is 0.341 e. The van der Waals surface area contributed by atoms with Crippen molar-refractivity contribution in [2.45, 2.75) is 58.3 Å². The van der Waals surface area contributed by atoms with Gasteiger partial charge in [-0.1, -0.05) is 12.8 Å². The molecule has 0 unspecified atom stereocenters. The number of hydrogen-bond acceptors (Lipinski definition) is 5. The number of fused-ring (bicyclic) bond motifs is 2. The number of thiophene rings is 1. The molecule has 2 fully saturated rings. The number of carbonyl (C=O) groups excluding carboxylic acids is 3. The third-order valence-corrected chi connectivity index (χ3v) is 6.95. The first kappa shape index (κ1) is 16.8.